The van der Waals surface area contributed by atoms with E-state index in [1.807, 2.05) is 35.1 Å². The van der Waals surface area contributed by atoms with Crippen LogP contribution in [0.15, 0.2) is 25.0 Å². The Labute approximate surface area is 113 Å². The first-order valence-corrected chi connectivity index (χ1v) is 6.81. The minimum absolute atomic E-state index is 0.269. The van der Waals surface area contributed by atoms with Crippen LogP contribution in [0.2, 0.25) is 0 Å². The number of carbonyl (C=O) groups is 1. The van der Waals surface area contributed by atoms with Crippen molar-refractivity contribution in [3.63, 3.8) is 0 Å². The molecule has 1 aromatic heterocycles. The Morgan fingerprint density at radius 3 is 3.05 bits per heavy atom. The minimum Gasteiger partial charge on any atom is -0.334 e. The van der Waals surface area contributed by atoms with Gasteiger partial charge in [-0.2, -0.15) is 5.10 Å². The van der Waals surface area contributed by atoms with Gasteiger partial charge in [-0.25, -0.2) is 0 Å². The highest BCUT2D eigenvalue weighted by Crippen LogP contribution is 2.33. The van der Waals surface area contributed by atoms with Gasteiger partial charge in [-0.05, 0) is 6.42 Å². The first-order chi connectivity index (χ1) is 9.19. The molecule has 2 saturated heterocycles. The van der Waals surface area contributed by atoms with Gasteiger partial charge in [0, 0.05) is 56.9 Å². The predicted octanol–water partition coefficient (Wildman–Crippen LogP) is 0.781. The maximum Gasteiger partial charge on any atom is 0.224 e. The molecule has 0 N–H and O–H groups in total. The van der Waals surface area contributed by atoms with Gasteiger partial charge in [0.2, 0.25) is 5.91 Å². The number of aryl methyl sites for hydroxylation is 1. The first kappa shape index (κ1) is 12.4. The standard InChI is InChI=1S/C14H20N4O/c1-3-5-18-12-4-6-17(13(12)7-14(18)19)10-11-8-15-16(2)9-11/h3,8-9,12-13H,1,4-7,10H2,2H3/t12-,13+/m0/s1. The van der Waals surface area contributed by atoms with Crippen molar-refractivity contribution in [2.75, 3.05) is 13.1 Å². The van der Waals surface area contributed by atoms with Gasteiger partial charge < -0.3 is 4.90 Å². The van der Waals surface area contributed by atoms with Crippen LogP contribution in [0, 0.1) is 0 Å². The SMILES string of the molecule is C=CCN1C(=O)C[C@@H]2[C@@H]1CCN2Cc1cnn(C)c1. The molecule has 3 rings (SSSR count). The lowest BCUT2D eigenvalue weighted by Crippen LogP contribution is -2.37. The van der Waals surface area contributed by atoms with Crippen molar-refractivity contribution in [1.29, 1.82) is 0 Å². The molecule has 5 nitrogen and oxygen atoms in total. The second kappa shape index (κ2) is 4.81. The molecule has 0 bridgehead atoms. The van der Waals surface area contributed by atoms with Crippen LogP contribution in [0.3, 0.4) is 0 Å². The number of hydrogen-bond acceptors (Lipinski definition) is 3. The first-order valence-electron chi connectivity index (χ1n) is 6.81. The van der Waals surface area contributed by atoms with Crippen molar-refractivity contribution in [2.45, 2.75) is 31.5 Å². The van der Waals surface area contributed by atoms with Gasteiger partial charge in [0.1, 0.15) is 0 Å². The molecule has 5 heteroatoms. The summed E-state index contributed by atoms with van der Waals surface area (Å²) >= 11 is 0. The van der Waals surface area contributed by atoms with Crippen LogP contribution in [-0.4, -0.2) is 50.7 Å². The Bertz CT molecular complexity index is 495. The van der Waals surface area contributed by atoms with E-state index in [0.717, 1.165) is 19.5 Å². The Morgan fingerprint density at radius 2 is 2.37 bits per heavy atom. The quantitative estimate of drug-likeness (QED) is 0.751. The molecule has 0 spiro atoms. The molecule has 0 unspecified atom stereocenters. The maximum absolute atomic E-state index is 12.0. The van der Waals surface area contributed by atoms with Crippen LogP contribution < -0.4 is 0 Å². The molecule has 2 aliphatic rings. The second-order valence-corrected chi connectivity index (χ2v) is 5.45. The third kappa shape index (κ3) is 2.18. The van der Waals surface area contributed by atoms with Crippen molar-refractivity contribution in [2.24, 2.45) is 7.05 Å². The molecule has 1 amide bonds. The number of nitrogens with zero attached hydrogens (tertiary/aromatic N) is 4. The second-order valence-electron chi connectivity index (χ2n) is 5.45. The monoisotopic (exact) mass is 260 g/mol. The molecule has 2 atom stereocenters. The number of carbonyl (C=O) groups excluding carboxylic acids is 1. The van der Waals surface area contributed by atoms with Crippen molar-refractivity contribution in [3.05, 3.63) is 30.6 Å². The van der Waals surface area contributed by atoms with Crippen LogP contribution in [0.1, 0.15) is 18.4 Å². The van der Waals surface area contributed by atoms with Gasteiger partial charge in [0.05, 0.1) is 6.20 Å². The van der Waals surface area contributed by atoms with Crippen molar-refractivity contribution in [3.8, 4) is 0 Å². The fraction of sp³-hybridized carbons (Fsp3) is 0.571. The van der Waals surface area contributed by atoms with E-state index < -0.39 is 0 Å². The molecule has 0 saturated carbocycles. The molecule has 0 aliphatic carbocycles. The van der Waals surface area contributed by atoms with E-state index >= 15 is 0 Å². The number of amides is 1. The number of rotatable bonds is 4. The van der Waals surface area contributed by atoms with Crippen LogP contribution in [0.4, 0.5) is 0 Å². The van der Waals surface area contributed by atoms with Crippen LogP contribution in [0.25, 0.3) is 0 Å². The lowest BCUT2D eigenvalue weighted by atomic mass is 10.1. The summed E-state index contributed by atoms with van der Waals surface area (Å²) in [7, 11) is 1.93. The van der Waals surface area contributed by atoms with E-state index in [2.05, 4.69) is 16.6 Å². The number of fused-ring (bicyclic) bond motifs is 1. The Morgan fingerprint density at radius 1 is 1.53 bits per heavy atom. The molecule has 1 aromatic rings. The zero-order valence-electron chi connectivity index (χ0n) is 11.3. The average Bonchev–Trinajstić information content (AvgIpc) is 3.02. The largest absolute Gasteiger partial charge is 0.334 e. The predicted molar refractivity (Wildman–Crippen MR) is 72.3 cm³/mol. The van der Waals surface area contributed by atoms with E-state index in [1.165, 1.54) is 5.56 Å². The van der Waals surface area contributed by atoms with Gasteiger partial charge >= 0.3 is 0 Å². The molecule has 0 aromatic carbocycles. The van der Waals surface area contributed by atoms with Crippen LogP contribution >= 0.6 is 0 Å². The van der Waals surface area contributed by atoms with Gasteiger partial charge in [-0.3, -0.25) is 14.4 Å². The average molecular weight is 260 g/mol. The molecular formula is C14H20N4O. The molecule has 19 heavy (non-hydrogen) atoms. The summed E-state index contributed by atoms with van der Waals surface area (Å²) in [4.78, 5) is 16.4. The van der Waals surface area contributed by atoms with Crippen LogP contribution in [0.5, 0.6) is 0 Å². The van der Waals surface area contributed by atoms with Gasteiger partial charge in [0.15, 0.2) is 0 Å². The smallest absolute Gasteiger partial charge is 0.224 e. The third-order valence-corrected chi connectivity index (χ3v) is 4.20. The topological polar surface area (TPSA) is 41.4 Å². The summed E-state index contributed by atoms with van der Waals surface area (Å²) in [6.45, 7) is 6.38. The molecule has 2 fully saturated rings. The third-order valence-electron chi connectivity index (χ3n) is 4.20. The lowest BCUT2D eigenvalue weighted by molar-refractivity contribution is -0.128. The Kier molecular flexibility index (Phi) is 3.14. The van der Waals surface area contributed by atoms with E-state index in [0.29, 0.717) is 25.0 Å². The van der Waals surface area contributed by atoms with E-state index in [1.54, 1.807) is 0 Å². The number of hydrogen-bond donors (Lipinski definition) is 0. The van der Waals surface area contributed by atoms with Gasteiger partial charge in [-0.1, -0.05) is 6.08 Å². The summed E-state index contributed by atoms with van der Waals surface area (Å²) < 4.78 is 1.83. The molecule has 102 valence electrons. The van der Waals surface area contributed by atoms with Crippen molar-refractivity contribution < 1.29 is 4.79 Å². The molecule has 2 aliphatic heterocycles. The minimum atomic E-state index is 0.269. The summed E-state index contributed by atoms with van der Waals surface area (Å²) in [6, 6.07) is 0.745. The highest BCUT2D eigenvalue weighted by Gasteiger charge is 2.45. The van der Waals surface area contributed by atoms with Crippen molar-refractivity contribution in [1.82, 2.24) is 19.6 Å². The Balaban J connectivity index is 1.70. The number of aromatic nitrogens is 2. The summed E-state index contributed by atoms with van der Waals surface area (Å²) in [5.41, 5.74) is 1.22. The fourth-order valence-corrected chi connectivity index (χ4v) is 3.37. The highest BCUT2D eigenvalue weighted by molar-refractivity contribution is 5.80. The fourth-order valence-electron chi connectivity index (χ4n) is 3.37. The molecule has 0 radical (unpaired) electrons. The summed E-state index contributed by atoms with van der Waals surface area (Å²) in [5.74, 6) is 0.269. The molecular weight excluding hydrogens is 240 g/mol. The van der Waals surface area contributed by atoms with E-state index in [9.17, 15) is 4.79 Å². The maximum atomic E-state index is 12.0. The van der Waals surface area contributed by atoms with E-state index in [4.69, 9.17) is 0 Å². The van der Waals surface area contributed by atoms with E-state index in [-0.39, 0.29) is 5.91 Å². The zero-order valence-corrected chi connectivity index (χ0v) is 11.3. The summed E-state index contributed by atoms with van der Waals surface area (Å²) in [6.07, 6.45) is 7.50. The normalized spacial score (nSPS) is 27.0. The van der Waals surface area contributed by atoms with Gasteiger partial charge in [0.25, 0.3) is 0 Å². The zero-order chi connectivity index (χ0) is 13.4. The summed E-state index contributed by atoms with van der Waals surface area (Å²) in [5, 5.41) is 4.20. The lowest BCUT2D eigenvalue weighted by Gasteiger charge is -2.24. The molecule has 3 heterocycles. The highest BCUT2D eigenvalue weighted by atomic mass is 16.2. The van der Waals surface area contributed by atoms with Gasteiger partial charge in [-0.15, -0.1) is 6.58 Å². The van der Waals surface area contributed by atoms with Crippen LogP contribution in [-0.2, 0) is 18.4 Å². The van der Waals surface area contributed by atoms with Crippen molar-refractivity contribution >= 4 is 5.91 Å². The number of likely N-dealkylation sites (tertiary alicyclic amines) is 2. The Hall–Kier alpha value is -1.62.